The van der Waals surface area contributed by atoms with Crippen molar-refractivity contribution in [1.29, 1.82) is 0 Å². The molecule has 71 heavy (non-hydrogen) atoms. The molecule has 6 heteroatoms. The first-order valence-corrected chi connectivity index (χ1v) is 30.8. The third-order valence-electron chi connectivity index (χ3n) is 13.5. The van der Waals surface area contributed by atoms with Gasteiger partial charge < -0.3 is 14.2 Å². The van der Waals surface area contributed by atoms with Crippen LogP contribution >= 0.6 is 0 Å². The Morgan fingerprint density at radius 3 is 0.873 bits per heavy atom. The maximum absolute atomic E-state index is 12.9. The zero-order valence-electron chi connectivity index (χ0n) is 47.2. The van der Waals surface area contributed by atoms with Gasteiger partial charge in [0.05, 0.1) is 0 Å². The van der Waals surface area contributed by atoms with E-state index >= 15 is 0 Å². The van der Waals surface area contributed by atoms with Crippen molar-refractivity contribution in [1.82, 2.24) is 0 Å². The summed E-state index contributed by atoms with van der Waals surface area (Å²) >= 11 is 0. The van der Waals surface area contributed by atoms with Crippen molar-refractivity contribution in [3.05, 3.63) is 60.8 Å². The molecular formula is C65H116O6. The molecule has 6 nitrogen and oxygen atoms in total. The van der Waals surface area contributed by atoms with E-state index in [1.54, 1.807) is 0 Å². The summed E-state index contributed by atoms with van der Waals surface area (Å²) in [5, 5.41) is 0. The maximum atomic E-state index is 12.9. The van der Waals surface area contributed by atoms with E-state index in [9.17, 15) is 14.4 Å². The standard InChI is InChI=1S/C65H116O6/c1-4-7-10-13-16-19-22-25-28-30-31-32-33-35-38-41-44-47-50-53-56-59-65(68)71-62(60-69-63(66)57-54-51-48-45-42-39-36-27-24-21-18-15-12-9-6-3)61-70-64(67)58-55-52-49-46-43-40-37-34-29-26-23-20-17-14-11-8-5-2/h21,24-26,28-29,37,40,46,49,62H,4-20,22-23,27,30-36,38-39,41-45,47-48,50-61H2,1-3H3/b24-21-,28-25-,29-26-,40-37-,49-46-/t62-/m0/s1. The fourth-order valence-corrected chi connectivity index (χ4v) is 8.80. The lowest BCUT2D eigenvalue weighted by molar-refractivity contribution is -0.167. The number of unbranched alkanes of at least 4 members (excludes halogenated alkanes) is 35. The average Bonchev–Trinajstić information content (AvgIpc) is 3.37. The van der Waals surface area contributed by atoms with Crippen LogP contribution in [-0.2, 0) is 28.6 Å². The summed E-state index contributed by atoms with van der Waals surface area (Å²) in [6.07, 6.45) is 75.1. The number of carbonyl (C=O) groups is 3. The Kier molecular flexibility index (Phi) is 57.2. The van der Waals surface area contributed by atoms with Gasteiger partial charge in [-0.05, 0) is 103 Å². The van der Waals surface area contributed by atoms with E-state index in [2.05, 4.69) is 81.5 Å². The van der Waals surface area contributed by atoms with E-state index in [1.807, 2.05) is 0 Å². The van der Waals surface area contributed by atoms with Gasteiger partial charge in [-0.2, -0.15) is 0 Å². The average molecular weight is 994 g/mol. The second-order valence-corrected chi connectivity index (χ2v) is 20.6. The van der Waals surface area contributed by atoms with Gasteiger partial charge in [0.1, 0.15) is 13.2 Å². The van der Waals surface area contributed by atoms with E-state index in [0.717, 1.165) is 57.8 Å². The Hall–Kier alpha value is -2.89. The minimum absolute atomic E-state index is 0.0907. The Bertz CT molecular complexity index is 1280. The van der Waals surface area contributed by atoms with Crippen LogP contribution in [0.3, 0.4) is 0 Å². The van der Waals surface area contributed by atoms with Gasteiger partial charge in [-0.3, -0.25) is 14.4 Å². The fraction of sp³-hybridized carbons (Fsp3) is 0.800. The highest BCUT2D eigenvalue weighted by Crippen LogP contribution is 2.16. The molecule has 0 fully saturated rings. The third-order valence-corrected chi connectivity index (χ3v) is 13.5. The normalized spacial score (nSPS) is 12.4. The molecule has 1 atom stereocenters. The number of allylic oxidation sites excluding steroid dienone is 10. The maximum Gasteiger partial charge on any atom is 0.306 e. The number of ether oxygens (including phenoxy) is 3. The van der Waals surface area contributed by atoms with Gasteiger partial charge in [0.2, 0.25) is 0 Å². The molecule has 0 amide bonds. The predicted molar refractivity (Wildman–Crippen MR) is 307 cm³/mol. The lowest BCUT2D eigenvalue weighted by Gasteiger charge is -2.18. The largest absolute Gasteiger partial charge is 0.462 e. The Labute approximate surface area is 440 Å². The van der Waals surface area contributed by atoms with Crippen molar-refractivity contribution >= 4 is 17.9 Å². The van der Waals surface area contributed by atoms with Crippen LogP contribution in [0.5, 0.6) is 0 Å². The van der Waals surface area contributed by atoms with Crippen molar-refractivity contribution in [2.24, 2.45) is 0 Å². The Balaban J connectivity index is 4.41. The molecule has 0 saturated carbocycles. The van der Waals surface area contributed by atoms with Crippen LogP contribution in [0.2, 0.25) is 0 Å². The molecular weight excluding hydrogens is 877 g/mol. The van der Waals surface area contributed by atoms with E-state index in [-0.39, 0.29) is 37.5 Å². The van der Waals surface area contributed by atoms with E-state index < -0.39 is 6.10 Å². The van der Waals surface area contributed by atoms with Gasteiger partial charge in [0.15, 0.2) is 6.10 Å². The van der Waals surface area contributed by atoms with Crippen molar-refractivity contribution in [2.45, 2.75) is 322 Å². The predicted octanol–water partition coefficient (Wildman–Crippen LogP) is 20.8. The van der Waals surface area contributed by atoms with Gasteiger partial charge in [-0.15, -0.1) is 0 Å². The summed E-state index contributed by atoms with van der Waals surface area (Å²) in [7, 11) is 0. The fourth-order valence-electron chi connectivity index (χ4n) is 8.80. The van der Waals surface area contributed by atoms with Crippen LogP contribution in [0.4, 0.5) is 0 Å². The molecule has 0 N–H and O–H groups in total. The molecule has 0 aromatic carbocycles. The highest BCUT2D eigenvalue weighted by atomic mass is 16.6. The molecule has 412 valence electrons. The highest BCUT2D eigenvalue weighted by molar-refractivity contribution is 5.71. The first kappa shape index (κ1) is 68.1. The number of esters is 3. The van der Waals surface area contributed by atoms with Gasteiger partial charge in [0, 0.05) is 19.3 Å². The summed E-state index contributed by atoms with van der Waals surface area (Å²) < 4.78 is 16.9. The molecule has 0 spiro atoms. The van der Waals surface area contributed by atoms with E-state index in [0.29, 0.717) is 19.3 Å². The van der Waals surface area contributed by atoms with Gasteiger partial charge in [0.25, 0.3) is 0 Å². The molecule has 0 radical (unpaired) electrons. The summed E-state index contributed by atoms with van der Waals surface area (Å²) in [6, 6.07) is 0. The van der Waals surface area contributed by atoms with Crippen molar-refractivity contribution in [3.8, 4) is 0 Å². The summed E-state index contributed by atoms with van der Waals surface area (Å²) in [5.41, 5.74) is 0. The first-order chi connectivity index (χ1) is 35.0. The number of carbonyl (C=O) groups excluding carboxylic acids is 3. The molecule has 0 aliphatic carbocycles. The van der Waals surface area contributed by atoms with Crippen LogP contribution in [0, 0.1) is 0 Å². The van der Waals surface area contributed by atoms with Crippen LogP contribution in [0.25, 0.3) is 0 Å². The third kappa shape index (κ3) is 57.9. The van der Waals surface area contributed by atoms with Crippen LogP contribution in [-0.4, -0.2) is 37.2 Å². The molecule has 0 heterocycles. The molecule has 0 unspecified atom stereocenters. The monoisotopic (exact) mass is 993 g/mol. The SMILES string of the molecule is CCCCCC/C=C\CCCCCCCCCC(=O)OC[C@@H](COC(=O)CCC/C=C\C/C=C\C/C=C\CCCCCCCC)OC(=O)CCCCCCCCCCCCC/C=C\CCCCCCCC. The van der Waals surface area contributed by atoms with Crippen molar-refractivity contribution < 1.29 is 28.6 Å². The number of rotatable bonds is 56. The first-order valence-electron chi connectivity index (χ1n) is 30.8. The molecule has 0 bridgehead atoms. The molecule has 0 aliphatic heterocycles. The lowest BCUT2D eigenvalue weighted by atomic mass is 10.0. The second-order valence-electron chi connectivity index (χ2n) is 20.6. The lowest BCUT2D eigenvalue weighted by Crippen LogP contribution is -2.30. The van der Waals surface area contributed by atoms with Crippen LogP contribution in [0.1, 0.15) is 316 Å². The Morgan fingerprint density at radius 2 is 0.521 bits per heavy atom. The van der Waals surface area contributed by atoms with E-state index in [1.165, 1.54) is 212 Å². The second kappa shape index (κ2) is 59.7. The van der Waals surface area contributed by atoms with Crippen LogP contribution < -0.4 is 0 Å². The van der Waals surface area contributed by atoms with Crippen molar-refractivity contribution in [2.75, 3.05) is 13.2 Å². The summed E-state index contributed by atoms with van der Waals surface area (Å²) in [6.45, 7) is 6.60. The van der Waals surface area contributed by atoms with Gasteiger partial charge >= 0.3 is 17.9 Å². The van der Waals surface area contributed by atoms with Gasteiger partial charge in [-0.25, -0.2) is 0 Å². The summed E-state index contributed by atoms with van der Waals surface area (Å²) in [4.78, 5) is 38.2. The van der Waals surface area contributed by atoms with Crippen molar-refractivity contribution in [3.63, 3.8) is 0 Å². The van der Waals surface area contributed by atoms with E-state index in [4.69, 9.17) is 14.2 Å². The minimum Gasteiger partial charge on any atom is -0.462 e. The molecule has 0 aromatic heterocycles. The van der Waals surface area contributed by atoms with Gasteiger partial charge in [-0.1, -0.05) is 255 Å². The minimum atomic E-state index is -0.797. The Morgan fingerprint density at radius 1 is 0.282 bits per heavy atom. The zero-order valence-corrected chi connectivity index (χ0v) is 47.2. The highest BCUT2D eigenvalue weighted by Gasteiger charge is 2.19. The number of hydrogen-bond donors (Lipinski definition) is 0. The molecule has 0 aromatic rings. The molecule has 0 rings (SSSR count). The van der Waals surface area contributed by atoms with Crippen LogP contribution in [0.15, 0.2) is 60.8 Å². The zero-order chi connectivity index (χ0) is 51.4. The molecule has 0 aliphatic rings. The quantitative estimate of drug-likeness (QED) is 0.0261. The number of hydrogen-bond acceptors (Lipinski definition) is 6. The molecule has 0 saturated heterocycles. The topological polar surface area (TPSA) is 78.9 Å². The smallest absolute Gasteiger partial charge is 0.306 e. The summed E-state index contributed by atoms with van der Waals surface area (Å²) in [5.74, 6) is -0.936.